The fourth-order valence-electron chi connectivity index (χ4n) is 1.32. The summed E-state index contributed by atoms with van der Waals surface area (Å²) in [5.41, 5.74) is 1.01. The van der Waals surface area contributed by atoms with Gasteiger partial charge in [0.15, 0.2) is 5.78 Å². The van der Waals surface area contributed by atoms with Gasteiger partial charge < -0.3 is 4.74 Å². The van der Waals surface area contributed by atoms with Crippen molar-refractivity contribution in [2.24, 2.45) is 0 Å². The van der Waals surface area contributed by atoms with Crippen molar-refractivity contribution in [2.75, 3.05) is 7.11 Å². The van der Waals surface area contributed by atoms with Crippen molar-refractivity contribution >= 4 is 5.78 Å². The Hall–Kier alpha value is -1.64. The summed E-state index contributed by atoms with van der Waals surface area (Å²) in [5, 5.41) is 0. The maximum absolute atomic E-state index is 13.0. The molecule has 86 valence electrons. The van der Waals surface area contributed by atoms with Gasteiger partial charge in [-0.3, -0.25) is 4.79 Å². The normalized spacial score (nSPS) is 9.94. The number of rotatable bonds is 5. The molecule has 0 saturated carbocycles. The Kier molecular flexibility index (Phi) is 4.23. The highest BCUT2D eigenvalue weighted by Crippen LogP contribution is 2.13. The van der Waals surface area contributed by atoms with Gasteiger partial charge >= 0.3 is 0 Å². The van der Waals surface area contributed by atoms with E-state index in [4.69, 9.17) is 4.74 Å². The van der Waals surface area contributed by atoms with Crippen LogP contribution in [0.25, 0.3) is 0 Å². The number of aryl methyl sites for hydroxylation is 1. The minimum absolute atomic E-state index is 0.0266. The van der Waals surface area contributed by atoms with E-state index in [0.717, 1.165) is 0 Å². The van der Waals surface area contributed by atoms with Gasteiger partial charge in [-0.05, 0) is 30.7 Å². The second kappa shape index (κ2) is 5.45. The lowest BCUT2D eigenvalue weighted by Gasteiger charge is -2.04. The Morgan fingerprint density at radius 1 is 1.44 bits per heavy atom. The van der Waals surface area contributed by atoms with Gasteiger partial charge in [-0.15, -0.1) is 0 Å². The lowest BCUT2D eigenvalue weighted by molar-refractivity contribution is 0.0976. The Morgan fingerprint density at radius 2 is 2.12 bits per heavy atom. The number of carbonyl (C=O) groups is 1. The van der Waals surface area contributed by atoms with E-state index in [1.807, 2.05) is 0 Å². The van der Waals surface area contributed by atoms with Crippen LogP contribution < -0.4 is 0 Å². The molecule has 2 nitrogen and oxygen atoms in total. The number of carbonyl (C=O) groups excluding carboxylic acids is 1. The Labute approximate surface area is 94.7 Å². The zero-order valence-electron chi connectivity index (χ0n) is 9.55. The molecule has 0 unspecified atom stereocenters. The van der Waals surface area contributed by atoms with Gasteiger partial charge in [-0.1, -0.05) is 6.58 Å². The number of benzene rings is 1. The largest absolute Gasteiger partial charge is 0.502 e. The molecule has 1 aromatic rings. The van der Waals surface area contributed by atoms with Crippen LogP contribution in [0, 0.1) is 12.7 Å². The summed E-state index contributed by atoms with van der Waals surface area (Å²) in [6, 6.07) is 4.38. The van der Waals surface area contributed by atoms with Gasteiger partial charge in [-0.2, -0.15) is 0 Å². The van der Waals surface area contributed by atoms with Crippen molar-refractivity contribution in [1.82, 2.24) is 0 Å². The molecule has 0 aliphatic rings. The number of halogens is 1. The van der Waals surface area contributed by atoms with E-state index >= 15 is 0 Å². The van der Waals surface area contributed by atoms with E-state index in [1.165, 1.54) is 19.2 Å². The molecule has 0 spiro atoms. The quantitative estimate of drug-likeness (QED) is 0.564. The molecule has 0 saturated heterocycles. The van der Waals surface area contributed by atoms with Crippen molar-refractivity contribution in [2.45, 2.75) is 19.8 Å². The van der Waals surface area contributed by atoms with E-state index in [2.05, 4.69) is 6.58 Å². The first kappa shape index (κ1) is 12.4. The van der Waals surface area contributed by atoms with Gasteiger partial charge in [0, 0.05) is 18.4 Å². The standard InChI is InChI=1S/C13H15FO2/c1-9-8-11(5-6-12(9)14)13(15)7-4-10(2)16-3/h5-6,8H,2,4,7H2,1,3H3. The SMILES string of the molecule is C=C(CCC(=O)c1ccc(F)c(C)c1)OC. The highest BCUT2D eigenvalue weighted by atomic mass is 19.1. The zero-order chi connectivity index (χ0) is 12.1. The van der Waals surface area contributed by atoms with Gasteiger partial charge in [0.05, 0.1) is 12.9 Å². The average molecular weight is 222 g/mol. The van der Waals surface area contributed by atoms with Crippen LogP contribution >= 0.6 is 0 Å². The first-order valence-electron chi connectivity index (χ1n) is 5.05. The van der Waals surface area contributed by atoms with Gasteiger partial charge in [0.1, 0.15) is 5.82 Å². The van der Waals surface area contributed by atoms with Crippen LogP contribution in [-0.4, -0.2) is 12.9 Å². The second-order valence-corrected chi connectivity index (χ2v) is 3.63. The van der Waals surface area contributed by atoms with E-state index < -0.39 is 0 Å². The zero-order valence-corrected chi connectivity index (χ0v) is 9.55. The maximum atomic E-state index is 13.0. The third-order valence-corrected chi connectivity index (χ3v) is 2.40. The number of allylic oxidation sites excluding steroid dienone is 1. The van der Waals surface area contributed by atoms with Crippen LogP contribution in [-0.2, 0) is 4.74 Å². The van der Waals surface area contributed by atoms with Crippen LogP contribution in [0.4, 0.5) is 4.39 Å². The van der Waals surface area contributed by atoms with Crippen LogP contribution in [0.1, 0.15) is 28.8 Å². The average Bonchev–Trinajstić information content (AvgIpc) is 2.29. The summed E-state index contributed by atoms with van der Waals surface area (Å²) in [7, 11) is 1.52. The van der Waals surface area contributed by atoms with Crippen LogP contribution in [0.3, 0.4) is 0 Å². The Morgan fingerprint density at radius 3 is 2.69 bits per heavy atom. The van der Waals surface area contributed by atoms with Gasteiger partial charge in [0.2, 0.25) is 0 Å². The fourth-order valence-corrected chi connectivity index (χ4v) is 1.32. The van der Waals surface area contributed by atoms with Crippen molar-refractivity contribution in [3.05, 3.63) is 47.5 Å². The summed E-state index contributed by atoms with van der Waals surface area (Å²) >= 11 is 0. The third-order valence-electron chi connectivity index (χ3n) is 2.40. The number of hydrogen-bond acceptors (Lipinski definition) is 2. The summed E-state index contributed by atoms with van der Waals surface area (Å²) in [6.45, 7) is 5.28. The molecule has 3 heteroatoms. The minimum Gasteiger partial charge on any atom is -0.502 e. The number of methoxy groups -OCH3 is 1. The lowest BCUT2D eigenvalue weighted by Crippen LogP contribution is -2.01. The summed E-state index contributed by atoms with van der Waals surface area (Å²) < 4.78 is 17.9. The molecule has 0 fully saturated rings. The van der Waals surface area contributed by atoms with E-state index in [-0.39, 0.29) is 11.6 Å². The maximum Gasteiger partial charge on any atom is 0.163 e. The number of Topliss-reactive ketones (excluding diaryl/α,β-unsaturated/α-hetero) is 1. The topological polar surface area (TPSA) is 26.3 Å². The van der Waals surface area contributed by atoms with Crippen molar-refractivity contribution < 1.29 is 13.9 Å². The molecule has 0 heterocycles. The third kappa shape index (κ3) is 3.19. The molecular weight excluding hydrogens is 207 g/mol. The minimum atomic E-state index is -0.294. The first-order valence-corrected chi connectivity index (χ1v) is 5.05. The smallest absolute Gasteiger partial charge is 0.163 e. The van der Waals surface area contributed by atoms with Crippen molar-refractivity contribution in [3.8, 4) is 0 Å². The van der Waals surface area contributed by atoms with Crippen LogP contribution in [0.5, 0.6) is 0 Å². The molecule has 0 atom stereocenters. The predicted octanol–water partition coefficient (Wildman–Crippen LogP) is 3.26. The molecule has 0 amide bonds. The highest BCUT2D eigenvalue weighted by Gasteiger charge is 2.08. The second-order valence-electron chi connectivity index (χ2n) is 3.63. The van der Waals surface area contributed by atoms with E-state index in [9.17, 15) is 9.18 Å². The Bertz CT molecular complexity index is 410. The van der Waals surface area contributed by atoms with Crippen LogP contribution in [0.15, 0.2) is 30.5 Å². The number of ether oxygens (including phenoxy) is 1. The molecule has 0 N–H and O–H groups in total. The first-order chi connectivity index (χ1) is 7.54. The predicted molar refractivity (Wildman–Crippen MR) is 60.9 cm³/mol. The fraction of sp³-hybridized carbons (Fsp3) is 0.308. The molecular formula is C13H15FO2. The molecule has 16 heavy (non-hydrogen) atoms. The van der Waals surface area contributed by atoms with Crippen molar-refractivity contribution in [3.63, 3.8) is 0 Å². The molecule has 0 bridgehead atoms. The summed E-state index contributed by atoms with van der Waals surface area (Å²) in [5.74, 6) is 0.256. The number of ketones is 1. The molecule has 1 rings (SSSR count). The summed E-state index contributed by atoms with van der Waals surface area (Å²) in [6.07, 6.45) is 0.823. The molecule has 0 aliphatic heterocycles. The monoisotopic (exact) mass is 222 g/mol. The van der Waals surface area contributed by atoms with Gasteiger partial charge in [0.25, 0.3) is 0 Å². The van der Waals surface area contributed by atoms with Crippen LogP contribution in [0.2, 0.25) is 0 Å². The van der Waals surface area contributed by atoms with E-state index in [1.54, 1.807) is 13.0 Å². The molecule has 0 aliphatic carbocycles. The number of hydrogen-bond donors (Lipinski definition) is 0. The Balaban J connectivity index is 2.66. The van der Waals surface area contributed by atoms with E-state index in [0.29, 0.717) is 29.7 Å². The molecule has 1 aromatic carbocycles. The highest BCUT2D eigenvalue weighted by molar-refractivity contribution is 5.96. The van der Waals surface area contributed by atoms with Crippen molar-refractivity contribution in [1.29, 1.82) is 0 Å². The lowest BCUT2D eigenvalue weighted by atomic mass is 10.0. The molecule has 0 aromatic heterocycles. The summed E-state index contributed by atoms with van der Waals surface area (Å²) in [4.78, 5) is 11.7. The molecule has 0 radical (unpaired) electrons. The van der Waals surface area contributed by atoms with Gasteiger partial charge in [-0.25, -0.2) is 4.39 Å².